The number of hydrogen-bond donors (Lipinski definition) is 2. The molecule has 0 aromatic heterocycles. The Morgan fingerprint density at radius 3 is 2.44 bits per heavy atom. The van der Waals surface area contributed by atoms with Crippen LogP contribution in [0.4, 0.5) is 0 Å². The number of aliphatic hydroxyl groups is 2. The van der Waals surface area contributed by atoms with E-state index in [1.54, 1.807) is 6.92 Å². The number of aliphatic hydroxyl groups excluding tert-OH is 2. The Morgan fingerprint density at radius 2 is 1.94 bits per heavy atom. The molecule has 2 N–H and O–H groups in total. The van der Waals surface area contributed by atoms with Crippen LogP contribution in [-0.4, -0.2) is 22.4 Å². The van der Waals surface area contributed by atoms with Gasteiger partial charge in [-0.05, 0) is 43.9 Å². The second-order valence-electron chi connectivity index (χ2n) is 4.40. The Labute approximate surface area is 95.7 Å². The van der Waals surface area contributed by atoms with Gasteiger partial charge in [0.2, 0.25) is 0 Å². The smallest absolute Gasteiger partial charge is 0.124 e. The molecule has 3 heteroatoms. The van der Waals surface area contributed by atoms with Gasteiger partial charge in [0.25, 0.3) is 0 Å². The lowest BCUT2D eigenvalue weighted by molar-refractivity contribution is 0.0603. The molecule has 0 spiro atoms. The Bertz CT molecular complexity index is 332. The lowest BCUT2D eigenvalue weighted by atomic mass is 10.1. The van der Waals surface area contributed by atoms with Crippen LogP contribution in [0.15, 0.2) is 24.3 Å². The summed E-state index contributed by atoms with van der Waals surface area (Å²) >= 11 is 0. The molecule has 0 aliphatic heterocycles. The molecule has 1 aliphatic carbocycles. The van der Waals surface area contributed by atoms with Crippen molar-refractivity contribution in [1.29, 1.82) is 0 Å². The van der Waals surface area contributed by atoms with Crippen molar-refractivity contribution in [2.24, 2.45) is 0 Å². The highest BCUT2D eigenvalue weighted by molar-refractivity contribution is 5.28. The summed E-state index contributed by atoms with van der Waals surface area (Å²) in [4.78, 5) is 0. The van der Waals surface area contributed by atoms with Gasteiger partial charge in [0, 0.05) is 0 Å². The van der Waals surface area contributed by atoms with Gasteiger partial charge < -0.3 is 14.9 Å². The van der Waals surface area contributed by atoms with E-state index in [9.17, 15) is 10.2 Å². The summed E-state index contributed by atoms with van der Waals surface area (Å²) in [6, 6.07) is 7.38. The number of rotatable bonds is 3. The maximum absolute atomic E-state index is 9.63. The molecule has 0 heterocycles. The van der Waals surface area contributed by atoms with Crippen molar-refractivity contribution in [3.05, 3.63) is 29.8 Å². The van der Waals surface area contributed by atoms with Crippen LogP contribution in [0.5, 0.6) is 5.75 Å². The molecule has 0 saturated heterocycles. The summed E-state index contributed by atoms with van der Waals surface area (Å²) in [5.41, 5.74) is 0.874. The van der Waals surface area contributed by atoms with Crippen molar-refractivity contribution < 1.29 is 14.9 Å². The first-order valence-corrected chi connectivity index (χ1v) is 5.79. The van der Waals surface area contributed by atoms with E-state index in [1.165, 1.54) is 0 Å². The normalized spacial score (nSPS) is 26.7. The van der Waals surface area contributed by atoms with Crippen molar-refractivity contribution in [3.8, 4) is 5.75 Å². The van der Waals surface area contributed by atoms with Gasteiger partial charge in [0.05, 0.1) is 12.2 Å². The molecule has 1 aromatic rings. The molecule has 1 fully saturated rings. The SMILES string of the molecule is C[C@@H](O)c1ccc(OC2CCCC2O)cc1. The van der Waals surface area contributed by atoms with Crippen molar-refractivity contribution >= 4 is 0 Å². The zero-order chi connectivity index (χ0) is 11.5. The van der Waals surface area contributed by atoms with E-state index in [0.29, 0.717) is 0 Å². The molecule has 16 heavy (non-hydrogen) atoms. The summed E-state index contributed by atoms with van der Waals surface area (Å²) in [7, 11) is 0. The van der Waals surface area contributed by atoms with E-state index in [-0.39, 0.29) is 12.2 Å². The molecular weight excluding hydrogens is 204 g/mol. The van der Waals surface area contributed by atoms with Crippen molar-refractivity contribution in [2.45, 2.75) is 44.5 Å². The lowest BCUT2D eigenvalue weighted by Crippen LogP contribution is -2.25. The van der Waals surface area contributed by atoms with Gasteiger partial charge in [-0.3, -0.25) is 0 Å². The van der Waals surface area contributed by atoms with Gasteiger partial charge in [0.15, 0.2) is 0 Å². The topological polar surface area (TPSA) is 49.7 Å². The minimum Gasteiger partial charge on any atom is -0.488 e. The van der Waals surface area contributed by atoms with E-state index in [2.05, 4.69) is 0 Å². The molecule has 0 bridgehead atoms. The van der Waals surface area contributed by atoms with Gasteiger partial charge in [-0.2, -0.15) is 0 Å². The summed E-state index contributed by atoms with van der Waals surface area (Å²) in [6.07, 6.45) is 1.91. The van der Waals surface area contributed by atoms with Crippen LogP contribution < -0.4 is 4.74 Å². The molecule has 3 nitrogen and oxygen atoms in total. The Kier molecular flexibility index (Phi) is 3.46. The largest absolute Gasteiger partial charge is 0.488 e. The quantitative estimate of drug-likeness (QED) is 0.822. The molecule has 88 valence electrons. The van der Waals surface area contributed by atoms with Crippen LogP contribution in [0, 0.1) is 0 Å². The summed E-state index contributed by atoms with van der Waals surface area (Å²) in [5, 5.41) is 19.0. The maximum Gasteiger partial charge on any atom is 0.124 e. The molecule has 2 unspecified atom stereocenters. The second-order valence-corrected chi connectivity index (χ2v) is 4.40. The van der Waals surface area contributed by atoms with Gasteiger partial charge in [-0.15, -0.1) is 0 Å². The Balaban J connectivity index is 1.99. The predicted molar refractivity (Wildman–Crippen MR) is 61.3 cm³/mol. The van der Waals surface area contributed by atoms with Crippen LogP contribution in [0.3, 0.4) is 0 Å². The highest BCUT2D eigenvalue weighted by Crippen LogP contribution is 2.25. The number of benzene rings is 1. The van der Waals surface area contributed by atoms with Gasteiger partial charge >= 0.3 is 0 Å². The van der Waals surface area contributed by atoms with Crippen LogP contribution in [-0.2, 0) is 0 Å². The van der Waals surface area contributed by atoms with Crippen LogP contribution >= 0.6 is 0 Å². The molecule has 1 aliphatic rings. The molecule has 0 amide bonds. The monoisotopic (exact) mass is 222 g/mol. The highest BCUT2D eigenvalue weighted by atomic mass is 16.5. The molecule has 3 atom stereocenters. The van der Waals surface area contributed by atoms with Crippen molar-refractivity contribution in [2.75, 3.05) is 0 Å². The maximum atomic E-state index is 9.63. The standard InChI is InChI=1S/C13H18O3/c1-9(14)10-5-7-11(8-6-10)16-13-4-2-3-12(13)15/h5-9,12-15H,2-4H2,1H3/t9-,12?,13?/m1/s1. The van der Waals surface area contributed by atoms with Crippen molar-refractivity contribution in [3.63, 3.8) is 0 Å². The zero-order valence-corrected chi connectivity index (χ0v) is 9.47. The average Bonchev–Trinajstić information content (AvgIpc) is 2.65. The third-order valence-corrected chi connectivity index (χ3v) is 3.07. The Hall–Kier alpha value is -1.06. The minimum atomic E-state index is -0.453. The molecule has 0 radical (unpaired) electrons. The second kappa shape index (κ2) is 4.85. The minimum absolute atomic E-state index is 0.0719. The lowest BCUT2D eigenvalue weighted by Gasteiger charge is -2.17. The van der Waals surface area contributed by atoms with Gasteiger partial charge in [0.1, 0.15) is 11.9 Å². The average molecular weight is 222 g/mol. The van der Waals surface area contributed by atoms with Crippen molar-refractivity contribution in [1.82, 2.24) is 0 Å². The fourth-order valence-corrected chi connectivity index (χ4v) is 2.04. The molecule has 1 saturated carbocycles. The summed E-state index contributed by atoms with van der Waals surface area (Å²) in [5.74, 6) is 0.760. The van der Waals surface area contributed by atoms with Gasteiger partial charge in [-0.1, -0.05) is 12.1 Å². The number of hydrogen-bond acceptors (Lipinski definition) is 3. The molecular formula is C13H18O3. The highest BCUT2D eigenvalue weighted by Gasteiger charge is 2.26. The third kappa shape index (κ3) is 2.54. The summed E-state index contributed by atoms with van der Waals surface area (Å²) in [6.45, 7) is 1.73. The van der Waals surface area contributed by atoms with E-state index in [1.807, 2.05) is 24.3 Å². The summed E-state index contributed by atoms with van der Waals surface area (Å²) < 4.78 is 5.69. The fourth-order valence-electron chi connectivity index (χ4n) is 2.04. The van der Waals surface area contributed by atoms with E-state index in [0.717, 1.165) is 30.6 Å². The van der Waals surface area contributed by atoms with E-state index in [4.69, 9.17) is 4.74 Å². The van der Waals surface area contributed by atoms with Gasteiger partial charge in [-0.25, -0.2) is 0 Å². The fraction of sp³-hybridized carbons (Fsp3) is 0.538. The predicted octanol–water partition coefficient (Wildman–Crippen LogP) is 2.03. The first kappa shape index (κ1) is 11.4. The zero-order valence-electron chi connectivity index (χ0n) is 9.47. The third-order valence-electron chi connectivity index (χ3n) is 3.07. The van der Waals surface area contributed by atoms with Crippen LogP contribution in [0.1, 0.15) is 37.9 Å². The van der Waals surface area contributed by atoms with Crippen LogP contribution in [0.2, 0.25) is 0 Å². The first-order valence-electron chi connectivity index (χ1n) is 5.79. The Morgan fingerprint density at radius 1 is 1.25 bits per heavy atom. The number of ether oxygens (including phenoxy) is 1. The first-order chi connectivity index (χ1) is 7.66. The van der Waals surface area contributed by atoms with Crippen LogP contribution in [0.25, 0.3) is 0 Å². The molecule has 2 rings (SSSR count). The van der Waals surface area contributed by atoms with E-state index < -0.39 is 6.10 Å². The van der Waals surface area contributed by atoms with E-state index >= 15 is 0 Å². The molecule has 1 aromatic carbocycles.